The van der Waals surface area contributed by atoms with E-state index in [2.05, 4.69) is 5.32 Å². The van der Waals surface area contributed by atoms with Crippen LogP contribution in [0.3, 0.4) is 0 Å². The van der Waals surface area contributed by atoms with E-state index in [4.69, 9.17) is 4.74 Å². The molecule has 0 aromatic heterocycles. The molecule has 0 atom stereocenters. The standard InChI is InChI=1S/C16H13F2NO3/c1-10(20)11-3-2-4-13(7-11)22-9-16(21)19-15-6-5-12(17)8-14(15)18/h2-8H,9H2,1H3,(H,19,21). The summed E-state index contributed by atoms with van der Waals surface area (Å²) in [5.41, 5.74) is 0.329. The fourth-order valence-corrected chi connectivity index (χ4v) is 1.73. The zero-order chi connectivity index (χ0) is 16.1. The van der Waals surface area contributed by atoms with Crippen molar-refractivity contribution in [3.8, 4) is 5.75 Å². The molecule has 1 N–H and O–H groups in total. The summed E-state index contributed by atoms with van der Waals surface area (Å²) in [7, 11) is 0. The molecule has 0 spiro atoms. The molecule has 22 heavy (non-hydrogen) atoms. The van der Waals surface area contributed by atoms with Crippen LogP contribution in [0, 0.1) is 11.6 Å². The summed E-state index contributed by atoms with van der Waals surface area (Å²) < 4.78 is 31.4. The molecule has 0 saturated heterocycles. The van der Waals surface area contributed by atoms with Crippen molar-refractivity contribution in [3.05, 3.63) is 59.7 Å². The second-order valence-electron chi connectivity index (χ2n) is 4.55. The lowest BCUT2D eigenvalue weighted by atomic mass is 10.1. The molecule has 2 aromatic carbocycles. The van der Waals surface area contributed by atoms with Crippen molar-refractivity contribution in [1.82, 2.24) is 0 Å². The largest absolute Gasteiger partial charge is 0.484 e. The highest BCUT2D eigenvalue weighted by Gasteiger charge is 2.09. The molecule has 0 saturated carbocycles. The van der Waals surface area contributed by atoms with Crippen molar-refractivity contribution < 1.29 is 23.1 Å². The van der Waals surface area contributed by atoms with Crippen LogP contribution in [0.15, 0.2) is 42.5 Å². The Morgan fingerprint density at radius 3 is 2.59 bits per heavy atom. The number of carbonyl (C=O) groups is 2. The van der Waals surface area contributed by atoms with E-state index in [1.165, 1.54) is 13.0 Å². The van der Waals surface area contributed by atoms with E-state index >= 15 is 0 Å². The first kappa shape index (κ1) is 15.6. The van der Waals surface area contributed by atoms with E-state index in [1.807, 2.05) is 0 Å². The van der Waals surface area contributed by atoms with Crippen LogP contribution < -0.4 is 10.1 Å². The summed E-state index contributed by atoms with van der Waals surface area (Å²) in [6.45, 7) is 1.06. The fourth-order valence-electron chi connectivity index (χ4n) is 1.73. The molecule has 0 fully saturated rings. The summed E-state index contributed by atoms with van der Waals surface area (Å²) in [6, 6.07) is 9.20. The summed E-state index contributed by atoms with van der Waals surface area (Å²) in [4.78, 5) is 22.9. The topological polar surface area (TPSA) is 55.4 Å². The maximum atomic E-state index is 13.4. The number of benzene rings is 2. The number of anilines is 1. The average molecular weight is 305 g/mol. The number of amides is 1. The molecular weight excluding hydrogens is 292 g/mol. The van der Waals surface area contributed by atoms with Crippen molar-refractivity contribution in [2.45, 2.75) is 6.92 Å². The van der Waals surface area contributed by atoms with Gasteiger partial charge in [-0.1, -0.05) is 12.1 Å². The van der Waals surface area contributed by atoms with E-state index in [1.54, 1.807) is 18.2 Å². The molecule has 4 nitrogen and oxygen atoms in total. The Balaban J connectivity index is 1.95. The van der Waals surface area contributed by atoms with Gasteiger partial charge in [0, 0.05) is 11.6 Å². The van der Waals surface area contributed by atoms with Gasteiger partial charge in [-0.3, -0.25) is 9.59 Å². The van der Waals surface area contributed by atoms with Gasteiger partial charge in [0.15, 0.2) is 12.4 Å². The van der Waals surface area contributed by atoms with Crippen LogP contribution in [-0.4, -0.2) is 18.3 Å². The van der Waals surface area contributed by atoms with Gasteiger partial charge in [0.1, 0.15) is 17.4 Å². The first-order valence-electron chi connectivity index (χ1n) is 6.44. The monoisotopic (exact) mass is 305 g/mol. The molecule has 0 unspecified atom stereocenters. The minimum absolute atomic E-state index is 0.122. The minimum atomic E-state index is -0.869. The SMILES string of the molecule is CC(=O)c1cccc(OCC(=O)Nc2ccc(F)cc2F)c1. The van der Waals surface area contributed by atoms with Crippen molar-refractivity contribution in [3.63, 3.8) is 0 Å². The summed E-state index contributed by atoms with van der Waals surface area (Å²) in [5.74, 6) is -1.97. The van der Waals surface area contributed by atoms with Gasteiger partial charge in [-0.2, -0.15) is 0 Å². The predicted octanol–water partition coefficient (Wildman–Crippen LogP) is 3.18. The molecule has 2 rings (SSSR count). The van der Waals surface area contributed by atoms with E-state index in [0.717, 1.165) is 12.1 Å². The Morgan fingerprint density at radius 1 is 1.14 bits per heavy atom. The lowest BCUT2D eigenvalue weighted by molar-refractivity contribution is -0.118. The van der Waals surface area contributed by atoms with Gasteiger partial charge >= 0.3 is 0 Å². The molecular formula is C16H13F2NO3. The lowest BCUT2D eigenvalue weighted by Crippen LogP contribution is -2.20. The molecule has 6 heteroatoms. The summed E-state index contributed by atoms with van der Waals surface area (Å²) >= 11 is 0. The Hall–Kier alpha value is -2.76. The van der Waals surface area contributed by atoms with Gasteiger partial charge in [-0.15, -0.1) is 0 Å². The maximum absolute atomic E-state index is 13.4. The fraction of sp³-hybridized carbons (Fsp3) is 0.125. The Bertz CT molecular complexity index is 716. The van der Waals surface area contributed by atoms with Crippen LogP contribution in [0.5, 0.6) is 5.75 Å². The molecule has 0 radical (unpaired) electrons. The molecule has 1 amide bonds. The third kappa shape index (κ3) is 4.12. The Morgan fingerprint density at radius 2 is 1.91 bits per heavy atom. The van der Waals surface area contributed by atoms with Crippen LogP contribution in [0.4, 0.5) is 14.5 Å². The van der Waals surface area contributed by atoms with Gasteiger partial charge in [0.05, 0.1) is 5.69 Å². The van der Waals surface area contributed by atoms with Gasteiger partial charge in [-0.05, 0) is 31.2 Å². The van der Waals surface area contributed by atoms with Gasteiger partial charge < -0.3 is 10.1 Å². The van der Waals surface area contributed by atoms with E-state index in [9.17, 15) is 18.4 Å². The van der Waals surface area contributed by atoms with Crippen molar-refractivity contribution in [2.24, 2.45) is 0 Å². The quantitative estimate of drug-likeness (QED) is 0.863. The maximum Gasteiger partial charge on any atom is 0.262 e. The summed E-state index contributed by atoms with van der Waals surface area (Å²) in [5, 5.41) is 2.27. The molecule has 0 bridgehead atoms. The smallest absolute Gasteiger partial charge is 0.262 e. The number of halogens is 2. The number of ether oxygens (including phenoxy) is 1. The van der Waals surface area contributed by atoms with Gasteiger partial charge in [-0.25, -0.2) is 8.78 Å². The molecule has 0 aliphatic rings. The average Bonchev–Trinajstić information content (AvgIpc) is 2.48. The number of ketones is 1. The van der Waals surface area contributed by atoms with Gasteiger partial charge in [0.2, 0.25) is 0 Å². The van der Waals surface area contributed by atoms with Crippen LogP contribution in [0.2, 0.25) is 0 Å². The number of carbonyl (C=O) groups excluding carboxylic acids is 2. The van der Waals surface area contributed by atoms with Gasteiger partial charge in [0.25, 0.3) is 5.91 Å². The highest BCUT2D eigenvalue weighted by molar-refractivity contribution is 5.94. The second-order valence-corrected chi connectivity index (χ2v) is 4.55. The Kier molecular flexibility index (Phi) is 4.83. The first-order valence-corrected chi connectivity index (χ1v) is 6.44. The third-order valence-corrected chi connectivity index (χ3v) is 2.82. The van der Waals surface area contributed by atoms with Crippen molar-refractivity contribution in [1.29, 1.82) is 0 Å². The van der Waals surface area contributed by atoms with Crippen molar-refractivity contribution in [2.75, 3.05) is 11.9 Å². The number of nitrogens with one attached hydrogen (secondary N) is 1. The lowest BCUT2D eigenvalue weighted by Gasteiger charge is -2.09. The van der Waals surface area contributed by atoms with E-state index in [-0.39, 0.29) is 18.1 Å². The van der Waals surface area contributed by atoms with E-state index in [0.29, 0.717) is 17.4 Å². The van der Waals surface area contributed by atoms with Crippen molar-refractivity contribution >= 4 is 17.4 Å². The van der Waals surface area contributed by atoms with E-state index < -0.39 is 17.5 Å². The molecule has 0 heterocycles. The number of rotatable bonds is 5. The third-order valence-electron chi connectivity index (χ3n) is 2.82. The zero-order valence-electron chi connectivity index (χ0n) is 11.7. The molecule has 0 aliphatic carbocycles. The number of hydrogen-bond donors (Lipinski definition) is 1. The van der Waals surface area contributed by atoms with Crippen LogP contribution in [-0.2, 0) is 4.79 Å². The summed E-state index contributed by atoms with van der Waals surface area (Å²) in [6.07, 6.45) is 0. The molecule has 2 aromatic rings. The number of Topliss-reactive ketones (excluding diaryl/α,β-unsaturated/α-hetero) is 1. The number of hydrogen-bond acceptors (Lipinski definition) is 3. The van der Waals surface area contributed by atoms with Crippen LogP contribution >= 0.6 is 0 Å². The normalized spacial score (nSPS) is 10.1. The molecule has 114 valence electrons. The highest BCUT2D eigenvalue weighted by atomic mass is 19.1. The Labute approximate surface area is 125 Å². The molecule has 0 aliphatic heterocycles. The second kappa shape index (κ2) is 6.80. The zero-order valence-corrected chi connectivity index (χ0v) is 11.7. The van der Waals surface area contributed by atoms with Crippen LogP contribution in [0.1, 0.15) is 17.3 Å². The minimum Gasteiger partial charge on any atom is -0.484 e. The predicted molar refractivity (Wildman–Crippen MR) is 76.9 cm³/mol. The van der Waals surface area contributed by atoms with Crippen LogP contribution in [0.25, 0.3) is 0 Å². The first-order chi connectivity index (χ1) is 10.5. The highest BCUT2D eigenvalue weighted by Crippen LogP contribution is 2.16.